The van der Waals surface area contributed by atoms with Crippen LogP contribution in [0.2, 0.25) is 0 Å². The quantitative estimate of drug-likeness (QED) is 0.0103. The van der Waals surface area contributed by atoms with E-state index in [1.807, 2.05) is 0 Å². The number of nitrogens with zero attached hydrogens (tertiary/aromatic N) is 4. The molecule has 0 aliphatic rings. The fourth-order valence-corrected chi connectivity index (χ4v) is 9.49. The molecule has 0 aliphatic carbocycles. The second-order valence-electron chi connectivity index (χ2n) is 11.6. The highest BCUT2D eigenvalue weighted by Gasteiger charge is 2.27. The van der Waals surface area contributed by atoms with E-state index in [0.717, 1.165) is 49.6 Å². The molecule has 0 atom stereocenters. The van der Waals surface area contributed by atoms with Crippen LogP contribution in [0.25, 0.3) is 10.8 Å². The van der Waals surface area contributed by atoms with Crippen LogP contribution in [0, 0.1) is 6.92 Å². The molecule has 0 heterocycles. The highest BCUT2D eigenvalue weighted by molar-refractivity contribution is 7.94. The SMILES string of the molecule is COc1cc(S(=O)(=O)CCOS(=O)(=O)O)c(C)cc1N=Nc1cc(S(=O)(=O)O)c2cc(SOOO)c(N=Nc3ccc(S(=O)(=O)CCOSOOO)cc3C(=O)O)c(O)c2c1N. The van der Waals surface area contributed by atoms with Crippen molar-refractivity contribution >= 4 is 110 Å². The number of carboxylic acids is 1. The maximum Gasteiger partial charge on any atom is 0.397 e. The number of aryl methyl sites for hydroxylation is 1. The van der Waals surface area contributed by atoms with Gasteiger partial charge in [-0.05, 0) is 48.9 Å². The molecule has 27 nitrogen and oxygen atoms in total. The summed E-state index contributed by atoms with van der Waals surface area (Å²) in [6.07, 6.45) is 0. The van der Waals surface area contributed by atoms with Gasteiger partial charge in [-0.3, -0.25) is 13.3 Å². The summed E-state index contributed by atoms with van der Waals surface area (Å²) >= 11 is 0.213. The van der Waals surface area contributed by atoms with Gasteiger partial charge in [0.25, 0.3) is 10.1 Å². The van der Waals surface area contributed by atoms with Gasteiger partial charge in [-0.25, -0.2) is 36.3 Å². The summed E-state index contributed by atoms with van der Waals surface area (Å²) in [6.45, 7) is -0.101. The van der Waals surface area contributed by atoms with Gasteiger partial charge < -0.3 is 20.7 Å². The first kappa shape index (κ1) is 50.0. The van der Waals surface area contributed by atoms with Gasteiger partial charge in [0.15, 0.2) is 37.7 Å². The number of phenols is 1. The Bertz CT molecular complexity index is 2880. The number of azo groups is 2. The van der Waals surface area contributed by atoms with Crippen LogP contribution in [-0.2, 0) is 67.3 Å². The molecule has 4 aromatic carbocycles. The van der Waals surface area contributed by atoms with Crippen molar-refractivity contribution < 1.29 is 100 Å². The van der Waals surface area contributed by atoms with Gasteiger partial charge in [-0.1, -0.05) is 10.1 Å². The molecule has 0 spiro atoms. The zero-order valence-electron chi connectivity index (χ0n) is 30.9. The Morgan fingerprint density at radius 3 is 2.05 bits per heavy atom. The zero-order chi connectivity index (χ0) is 46.2. The molecule has 0 aromatic heterocycles. The first-order valence-corrected chi connectivity index (χ1v) is 23.4. The van der Waals surface area contributed by atoms with Crippen molar-refractivity contribution in [3.63, 3.8) is 0 Å². The van der Waals surface area contributed by atoms with Gasteiger partial charge in [-0.2, -0.15) is 16.8 Å². The van der Waals surface area contributed by atoms with E-state index in [1.54, 1.807) is 0 Å². The Kier molecular flexibility index (Phi) is 16.6. The lowest BCUT2D eigenvalue weighted by molar-refractivity contribution is -0.434. The fraction of sp³-hybridized carbons (Fsp3) is 0.207. The molecular weight excluding hydrogens is 963 g/mol. The predicted molar refractivity (Wildman–Crippen MR) is 210 cm³/mol. The second-order valence-corrected chi connectivity index (χ2v) is 19.5. The van der Waals surface area contributed by atoms with E-state index in [-0.39, 0.29) is 46.3 Å². The van der Waals surface area contributed by atoms with Crippen LogP contribution in [0.4, 0.5) is 28.4 Å². The van der Waals surface area contributed by atoms with Gasteiger partial charge in [0, 0.05) is 11.5 Å². The lowest BCUT2D eigenvalue weighted by atomic mass is 10.0. The van der Waals surface area contributed by atoms with Crippen molar-refractivity contribution in [1.82, 2.24) is 0 Å². The Morgan fingerprint density at radius 2 is 1.44 bits per heavy atom. The third-order valence-corrected chi connectivity index (χ3v) is 13.6. The average Bonchev–Trinajstić information content (AvgIpc) is 3.18. The van der Waals surface area contributed by atoms with Crippen LogP contribution in [0.1, 0.15) is 15.9 Å². The van der Waals surface area contributed by atoms with E-state index >= 15 is 0 Å². The molecule has 0 saturated heterocycles. The number of hydrogen-bond donors (Lipinski definition) is 7. The van der Waals surface area contributed by atoms with Crippen LogP contribution in [0.15, 0.2) is 82.5 Å². The molecule has 4 rings (SSSR count). The maximum absolute atomic E-state index is 12.9. The first-order valence-electron chi connectivity index (χ1n) is 15.9. The predicted octanol–water partition coefficient (Wildman–Crippen LogP) is 5.02. The summed E-state index contributed by atoms with van der Waals surface area (Å²) in [5, 5.41) is 59.7. The summed E-state index contributed by atoms with van der Waals surface area (Å²) in [7, 11) is -17.5. The lowest BCUT2D eigenvalue weighted by Gasteiger charge is -2.15. The Balaban J connectivity index is 1.86. The number of carbonyl (C=O) groups is 1. The van der Waals surface area contributed by atoms with Crippen LogP contribution >= 0.6 is 24.4 Å². The third kappa shape index (κ3) is 12.5. The number of phenolic OH excluding ortho intramolecular Hbond substituents is 1. The molecule has 338 valence electrons. The monoisotopic (exact) mass is 991 g/mol. The van der Waals surface area contributed by atoms with Crippen molar-refractivity contribution in [2.75, 3.05) is 37.6 Å². The smallest absolute Gasteiger partial charge is 0.397 e. The van der Waals surface area contributed by atoms with Gasteiger partial charge in [0.1, 0.15) is 33.4 Å². The minimum absolute atomic E-state index is 0.0244. The van der Waals surface area contributed by atoms with Crippen molar-refractivity contribution in [2.24, 2.45) is 20.5 Å². The summed E-state index contributed by atoms with van der Waals surface area (Å²) in [6, 6.07) is 6.47. The van der Waals surface area contributed by atoms with E-state index < -0.39 is 130 Å². The number of methoxy groups -OCH3 is 1. The first-order chi connectivity index (χ1) is 28.9. The van der Waals surface area contributed by atoms with Crippen molar-refractivity contribution in [1.29, 1.82) is 0 Å². The largest absolute Gasteiger partial charge is 0.505 e. The van der Waals surface area contributed by atoms with Gasteiger partial charge >= 0.3 is 16.4 Å². The molecule has 0 saturated carbocycles. The van der Waals surface area contributed by atoms with E-state index in [0.29, 0.717) is 0 Å². The normalized spacial score (nSPS) is 12.8. The fourth-order valence-electron chi connectivity index (χ4n) is 5.11. The minimum atomic E-state index is -5.23. The summed E-state index contributed by atoms with van der Waals surface area (Å²) in [5.74, 6) is -4.51. The van der Waals surface area contributed by atoms with E-state index in [4.69, 9.17) is 29.7 Å². The van der Waals surface area contributed by atoms with E-state index in [1.165, 1.54) is 6.92 Å². The second kappa shape index (κ2) is 20.7. The lowest BCUT2D eigenvalue weighted by Crippen LogP contribution is -2.16. The van der Waals surface area contributed by atoms with Crippen molar-refractivity contribution in [3.05, 3.63) is 53.6 Å². The Hall–Kier alpha value is -4.69. The number of ether oxygens (including phenoxy) is 1. The average molecular weight is 992 g/mol. The van der Waals surface area contributed by atoms with Crippen LogP contribution in [-0.4, -0.2) is 101 Å². The summed E-state index contributed by atoms with van der Waals surface area (Å²) < 4.78 is 140. The van der Waals surface area contributed by atoms with Gasteiger partial charge in [-0.15, -0.1) is 29.1 Å². The molecule has 62 heavy (non-hydrogen) atoms. The molecule has 0 radical (unpaired) electrons. The number of benzene rings is 4. The number of anilines is 1. The zero-order valence-corrected chi connectivity index (χ0v) is 35.8. The van der Waals surface area contributed by atoms with Crippen molar-refractivity contribution in [3.8, 4) is 11.5 Å². The van der Waals surface area contributed by atoms with E-state index in [2.05, 4.69) is 43.4 Å². The van der Waals surface area contributed by atoms with Gasteiger partial charge in [0.05, 0.1) is 75.2 Å². The number of rotatable bonds is 22. The molecule has 0 aliphatic heterocycles. The minimum Gasteiger partial charge on any atom is -0.505 e. The number of nitrogens with two attached hydrogens (primary N) is 1. The topological polar surface area (TPSA) is 415 Å². The Labute approximate surface area is 357 Å². The summed E-state index contributed by atoms with van der Waals surface area (Å²) in [4.78, 5) is 9.98. The van der Waals surface area contributed by atoms with Crippen LogP contribution in [0.3, 0.4) is 0 Å². The van der Waals surface area contributed by atoms with Crippen molar-refractivity contribution in [2.45, 2.75) is 26.5 Å². The molecule has 0 amide bonds. The number of nitrogen functional groups attached to an aromatic ring is 1. The molecular formula is C29H29N5O22S6. The number of aromatic hydroxyl groups is 1. The molecule has 4 aromatic rings. The Morgan fingerprint density at radius 1 is 0.790 bits per heavy atom. The highest BCUT2D eigenvalue weighted by Crippen LogP contribution is 2.50. The van der Waals surface area contributed by atoms with Crippen LogP contribution < -0.4 is 10.5 Å². The molecule has 0 bridgehead atoms. The summed E-state index contributed by atoms with van der Waals surface area (Å²) in [5.41, 5.74) is 3.25. The molecule has 0 fully saturated rings. The third-order valence-electron chi connectivity index (χ3n) is 7.77. The molecule has 33 heteroatoms. The van der Waals surface area contributed by atoms with Gasteiger partial charge in [0.2, 0.25) is 0 Å². The molecule has 8 N–H and O–H groups in total. The van der Waals surface area contributed by atoms with E-state index in [9.17, 15) is 53.2 Å². The number of carboxylic acid groups (broad SMARTS) is 1. The number of sulfone groups is 2. The standard InChI is InChI=1S/C29H29N5O22S6/c1-14-9-19(21(50-2)13-23(14)60(42,43)8-6-52-62(47,48)49)32-33-20-12-24(61(44,45)46)17-11-22(57-55-53-38)27(28(35)25(17)26(20)30)34-31-18-4-3-15(10-16(18)29(36)37)59(40,41)7-5-51-58-56-54-39/h3-4,9-13,35,38-39H,5-8,30H2,1-2H3,(H,36,37)(H,44,45,46)(H,47,48,49). The highest BCUT2D eigenvalue weighted by atomic mass is 32.3. The number of fused-ring (bicyclic) bond motifs is 1. The maximum atomic E-state index is 12.9. The molecule has 0 unspecified atom stereocenters. The van der Waals surface area contributed by atoms with Crippen LogP contribution in [0.5, 0.6) is 11.5 Å². The number of aromatic carboxylic acids is 1. The number of hydrogen-bond acceptors (Lipinski definition) is 26.